The van der Waals surface area contributed by atoms with E-state index in [1.165, 1.54) is 36.0 Å². The van der Waals surface area contributed by atoms with Gasteiger partial charge < -0.3 is 10.6 Å². The minimum absolute atomic E-state index is 0.0457. The fourth-order valence-corrected chi connectivity index (χ4v) is 5.36. The summed E-state index contributed by atoms with van der Waals surface area (Å²) in [7, 11) is 0. The Morgan fingerprint density at radius 1 is 0.838 bits per heavy atom. The minimum Gasteiger partial charge on any atom is -0.349 e. The molecule has 1 fully saturated rings. The van der Waals surface area contributed by atoms with Gasteiger partial charge in [-0.15, -0.1) is 0 Å². The van der Waals surface area contributed by atoms with E-state index in [0.29, 0.717) is 0 Å². The summed E-state index contributed by atoms with van der Waals surface area (Å²) in [6, 6.07) is 29.8. The van der Waals surface area contributed by atoms with Crippen LogP contribution in [0.1, 0.15) is 66.1 Å². The van der Waals surface area contributed by atoms with Gasteiger partial charge in [-0.2, -0.15) is 0 Å². The average Bonchev–Trinajstić information content (AvgIpc) is 2.94. The van der Waals surface area contributed by atoms with Crippen molar-refractivity contribution in [2.24, 2.45) is 5.92 Å². The molecule has 0 radical (unpaired) electrons. The lowest BCUT2D eigenvalue weighted by Crippen LogP contribution is -2.44. The number of nitrogens with zero attached hydrogens (tertiary/aromatic N) is 1. The molecule has 1 saturated heterocycles. The summed E-state index contributed by atoms with van der Waals surface area (Å²) in [5.41, 5.74) is 4.77. The van der Waals surface area contributed by atoms with Crippen LogP contribution in [0, 0.1) is 5.92 Å². The highest BCUT2D eigenvalue weighted by atomic mass is 16.1. The molecule has 2 N–H and O–H groups in total. The molecule has 4 heteroatoms. The predicted molar refractivity (Wildman–Crippen MR) is 154 cm³/mol. The number of hydrogen-bond acceptors (Lipinski definition) is 3. The van der Waals surface area contributed by atoms with Crippen molar-refractivity contribution >= 4 is 5.91 Å². The first-order valence-electron chi connectivity index (χ1n) is 14.1. The van der Waals surface area contributed by atoms with Crippen LogP contribution in [0.3, 0.4) is 0 Å². The SMILES string of the molecule is CCCC(CCNCc1ccc(C(=O)NC2CCN(Cc3ccccc3)CC2)cc1)Cc1ccccc1. The van der Waals surface area contributed by atoms with E-state index >= 15 is 0 Å². The monoisotopic (exact) mass is 497 g/mol. The second-order valence-corrected chi connectivity index (χ2v) is 10.5. The van der Waals surface area contributed by atoms with E-state index in [2.05, 4.69) is 95.3 Å². The van der Waals surface area contributed by atoms with Crippen molar-refractivity contribution in [3.63, 3.8) is 0 Å². The van der Waals surface area contributed by atoms with Gasteiger partial charge in [-0.3, -0.25) is 9.69 Å². The van der Waals surface area contributed by atoms with Crippen LogP contribution >= 0.6 is 0 Å². The van der Waals surface area contributed by atoms with Crippen LogP contribution in [0.2, 0.25) is 0 Å². The molecule has 1 atom stereocenters. The smallest absolute Gasteiger partial charge is 0.251 e. The molecular weight excluding hydrogens is 454 g/mol. The number of hydrogen-bond donors (Lipinski definition) is 2. The first-order valence-corrected chi connectivity index (χ1v) is 14.1. The Morgan fingerprint density at radius 3 is 2.14 bits per heavy atom. The first kappa shape index (κ1) is 27.1. The molecule has 4 rings (SSSR count). The molecule has 0 aromatic heterocycles. The van der Waals surface area contributed by atoms with Gasteiger partial charge in [-0.25, -0.2) is 0 Å². The number of carbonyl (C=O) groups is 1. The largest absolute Gasteiger partial charge is 0.349 e. The van der Waals surface area contributed by atoms with Crippen molar-refractivity contribution in [3.8, 4) is 0 Å². The van der Waals surface area contributed by atoms with Gasteiger partial charge in [0.25, 0.3) is 5.91 Å². The van der Waals surface area contributed by atoms with Crippen molar-refractivity contribution in [1.29, 1.82) is 0 Å². The molecule has 0 saturated carbocycles. The van der Waals surface area contributed by atoms with Gasteiger partial charge in [0.15, 0.2) is 0 Å². The highest BCUT2D eigenvalue weighted by Crippen LogP contribution is 2.18. The van der Waals surface area contributed by atoms with E-state index in [9.17, 15) is 4.79 Å². The Kier molecular flexibility index (Phi) is 10.8. The molecule has 196 valence electrons. The Labute approximate surface area is 223 Å². The Hall–Kier alpha value is -2.95. The van der Waals surface area contributed by atoms with Crippen molar-refractivity contribution in [3.05, 3.63) is 107 Å². The third kappa shape index (κ3) is 9.14. The summed E-state index contributed by atoms with van der Waals surface area (Å²) in [6.07, 6.45) is 6.85. The zero-order valence-corrected chi connectivity index (χ0v) is 22.4. The highest BCUT2D eigenvalue weighted by molar-refractivity contribution is 5.94. The van der Waals surface area contributed by atoms with Crippen molar-refractivity contribution in [1.82, 2.24) is 15.5 Å². The summed E-state index contributed by atoms with van der Waals surface area (Å²) in [5.74, 6) is 0.764. The summed E-state index contributed by atoms with van der Waals surface area (Å²) < 4.78 is 0. The number of benzene rings is 3. The Balaban J connectivity index is 1.15. The van der Waals surface area contributed by atoms with Gasteiger partial charge in [0.1, 0.15) is 0 Å². The third-order valence-corrected chi connectivity index (χ3v) is 7.51. The minimum atomic E-state index is 0.0457. The van der Waals surface area contributed by atoms with Gasteiger partial charge in [0.05, 0.1) is 0 Å². The van der Waals surface area contributed by atoms with Crippen LogP contribution in [0.25, 0.3) is 0 Å². The van der Waals surface area contributed by atoms with Gasteiger partial charge >= 0.3 is 0 Å². The molecule has 3 aromatic rings. The lowest BCUT2D eigenvalue weighted by Gasteiger charge is -2.32. The van der Waals surface area contributed by atoms with Crippen molar-refractivity contribution in [2.75, 3.05) is 19.6 Å². The molecule has 0 aliphatic carbocycles. The molecule has 1 heterocycles. The topological polar surface area (TPSA) is 44.4 Å². The van der Waals surface area contributed by atoms with Crippen LogP contribution in [0.15, 0.2) is 84.9 Å². The maximum absolute atomic E-state index is 12.8. The number of nitrogens with one attached hydrogen (secondary N) is 2. The zero-order valence-electron chi connectivity index (χ0n) is 22.4. The number of piperidine rings is 1. The van der Waals surface area contributed by atoms with Gasteiger partial charge in [-0.1, -0.05) is 92.6 Å². The molecule has 1 unspecified atom stereocenters. The molecule has 0 bridgehead atoms. The van der Waals surface area contributed by atoms with E-state index < -0.39 is 0 Å². The molecule has 0 spiro atoms. The second-order valence-electron chi connectivity index (χ2n) is 10.5. The maximum atomic E-state index is 12.8. The van der Waals surface area contributed by atoms with E-state index in [-0.39, 0.29) is 11.9 Å². The molecular formula is C33H43N3O. The maximum Gasteiger partial charge on any atom is 0.251 e. The van der Waals surface area contributed by atoms with E-state index in [1.54, 1.807) is 0 Å². The van der Waals surface area contributed by atoms with Crippen LogP contribution in [-0.4, -0.2) is 36.5 Å². The van der Waals surface area contributed by atoms with Gasteiger partial charge in [-0.05, 0) is 67.0 Å². The summed E-state index contributed by atoms with van der Waals surface area (Å²) >= 11 is 0. The normalized spacial score (nSPS) is 15.4. The quantitative estimate of drug-likeness (QED) is 0.276. The Morgan fingerprint density at radius 2 is 1.49 bits per heavy atom. The number of amides is 1. The standard InChI is InChI=1S/C33H43N3O/c1-2-9-27(24-28-10-5-3-6-11-28)18-21-34-25-29-14-16-31(17-15-29)33(37)35-32-19-22-36(23-20-32)26-30-12-7-4-8-13-30/h3-8,10-17,27,32,34H,2,9,18-26H2,1H3,(H,35,37). The average molecular weight is 498 g/mol. The molecule has 37 heavy (non-hydrogen) atoms. The fraction of sp³-hybridized carbons (Fsp3) is 0.424. The molecule has 3 aromatic carbocycles. The van der Waals surface area contributed by atoms with Gasteiger partial charge in [0, 0.05) is 37.8 Å². The summed E-state index contributed by atoms with van der Waals surface area (Å²) in [4.78, 5) is 15.3. The molecule has 1 amide bonds. The summed E-state index contributed by atoms with van der Waals surface area (Å²) in [6.45, 7) is 7.17. The number of carbonyl (C=O) groups excluding carboxylic acids is 1. The van der Waals surface area contributed by atoms with Crippen molar-refractivity contribution in [2.45, 2.75) is 64.6 Å². The third-order valence-electron chi connectivity index (χ3n) is 7.51. The van der Waals surface area contributed by atoms with E-state index in [0.717, 1.165) is 63.5 Å². The second kappa shape index (κ2) is 14.7. The first-order chi connectivity index (χ1) is 18.2. The lowest BCUT2D eigenvalue weighted by molar-refractivity contribution is 0.0909. The van der Waals surface area contributed by atoms with Crippen LogP contribution < -0.4 is 10.6 Å². The number of likely N-dealkylation sites (tertiary alicyclic amines) is 1. The van der Waals surface area contributed by atoms with Crippen LogP contribution in [0.5, 0.6) is 0 Å². The van der Waals surface area contributed by atoms with Crippen molar-refractivity contribution < 1.29 is 4.79 Å². The fourth-order valence-electron chi connectivity index (χ4n) is 5.36. The zero-order chi connectivity index (χ0) is 25.7. The molecule has 4 nitrogen and oxygen atoms in total. The van der Waals surface area contributed by atoms with E-state index in [4.69, 9.17) is 0 Å². The Bertz CT molecular complexity index is 1040. The summed E-state index contributed by atoms with van der Waals surface area (Å²) in [5, 5.41) is 6.86. The predicted octanol–water partition coefficient (Wildman–Crippen LogP) is 6.22. The number of rotatable bonds is 13. The molecule has 1 aliphatic heterocycles. The highest BCUT2D eigenvalue weighted by Gasteiger charge is 2.21. The molecule has 1 aliphatic rings. The van der Waals surface area contributed by atoms with Crippen LogP contribution in [0.4, 0.5) is 0 Å². The lowest BCUT2D eigenvalue weighted by atomic mass is 9.92. The van der Waals surface area contributed by atoms with Crippen LogP contribution in [-0.2, 0) is 19.5 Å². The van der Waals surface area contributed by atoms with E-state index in [1.807, 2.05) is 12.1 Å². The van der Waals surface area contributed by atoms with Gasteiger partial charge in [0.2, 0.25) is 0 Å².